The molecule has 2 N–H and O–H groups in total. The summed E-state index contributed by atoms with van der Waals surface area (Å²) in [6.07, 6.45) is 0.0383. The number of aliphatic carboxylic acids is 1. The van der Waals surface area contributed by atoms with Gasteiger partial charge in [-0.25, -0.2) is 9.59 Å². The fourth-order valence-electron chi connectivity index (χ4n) is 4.27. The summed E-state index contributed by atoms with van der Waals surface area (Å²) >= 11 is 0. The van der Waals surface area contributed by atoms with Gasteiger partial charge in [0.25, 0.3) is 5.91 Å². The predicted octanol–water partition coefficient (Wildman–Crippen LogP) is 1.17. The van der Waals surface area contributed by atoms with E-state index in [9.17, 15) is 28.5 Å². The van der Waals surface area contributed by atoms with Crippen LogP contribution in [0, 0.1) is 0 Å². The van der Waals surface area contributed by atoms with E-state index in [0.717, 1.165) is 10.5 Å². The molecule has 36 heavy (non-hydrogen) atoms. The molecule has 5 rings (SSSR count). The molecule has 1 aromatic heterocycles. The highest BCUT2D eigenvalue weighted by Gasteiger charge is 2.57. The number of β-lactam (4-membered cyclic amide) rings is 1. The van der Waals surface area contributed by atoms with E-state index >= 15 is 0 Å². The normalized spacial score (nSPS) is 21.1. The Bertz CT molecular complexity index is 1500. The number of nitrogens with one attached hydrogen (secondary N) is 1. The molecule has 0 spiro atoms. The number of hydrogen-bond donors (Lipinski definition) is 2. The number of ether oxygens (including phenoxy) is 1. The molecule has 2 aliphatic rings. The minimum Gasteiger partial charge on any atom is -0.489 e. The molecule has 3 aromatic rings. The first-order valence-electron chi connectivity index (χ1n) is 11.0. The van der Waals surface area contributed by atoms with Crippen molar-refractivity contribution in [2.24, 2.45) is 0 Å². The Morgan fingerprint density at radius 2 is 1.86 bits per heavy atom. The van der Waals surface area contributed by atoms with Gasteiger partial charge in [0.15, 0.2) is 0 Å². The average Bonchev–Trinajstić information content (AvgIpc) is 2.85. The third kappa shape index (κ3) is 4.40. The van der Waals surface area contributed by atoms with E-state index in [2.05, 4.69) is 5.32 Å². The van der Waals surface area contributed by atoms with Gasteiger partial charge in [-0.2, -0.15) is 0 Å². The molecule has 3 atom stereocenters. The first-order chi connectivity index (χ1) is 17.3. The van der Waals surface area contributed by atoms with Crippen molar-refractivity contribution in [1.82, 2.24) is 10.2 Å². The van der Waals surface area contributed by atoms with Gasteiger partial charge < -0.3 is 19.6 Å². The fourth-order valence-corrected chi connectivity index (χ4v) is 5.94. The molecular formula is C25H20N2O8S. The van der Waals surface area contributed by atoms with Gasteiger partial charge in [-0.05, 0) is 23.8 Å². The van der Waals surface area contributed by atoms with Crippen molar-refractivity contribution in [3.8, 4) is 5.75 Å². The average molecular weight is 509 g/mol. The Morgan fingerprint density at radius 3 is 2.61 bits per heavy atom. The number of hydrogen-bond acceptors (Lipinski definition) is 7. The van der Waals surface area contributed by atoms with Crippen molar-refractivity contribution in [3.05, 3.63) is 87.9 Å². The van der Waals surface area contributed by atoms with Crippen LogP contribution in [0.2, 0.25) is 0 Å². The van der Waals surface area contributed by atoms with E-state index in [1.54, 1.807) is 42.5 Å². The van der Waals surface area contributed by atoms with Gasteiger partial charge in [-0.3, -0.25) is 18.7 Å². The van der Waals surface area contributed by atoms with Crippen LogP contribution in [0.25, 0.3) is 11.0 Å². The van der Waals surface area contributed by atoms with Crippen molar-refractivity contribution in [1.29, 1.82) is 0 Å². The smallest absolute Gasteiger partial charge is 0.352 e. The van der Waals surface area contributed by atoms with Gasteiger partial charge in [-0.1, -0.05) is 30.3 Å². The number of benzene rings is 2. The number of carbonyl (C=O) groups is 3. The third-order valence-corrected chi connectivity index (χ3v) is 7.59. The number of carboxylic acid groups (broad SMARTS) is 1. The highest BCUT2D eigenvalue weighted by atomic mass is 32.2. The first-order valence-corrected chi connectivity index (χ1v) is 12.4. The highest BCUT2D eigenvalue weighted by Crippen LogP contribution is 2.35. The van der Waals surface area contributed by atoms with E-state index in [1.165, 1.54) is 12.1 Å². The van der Waals surface area contributed by atoms with E-state index < -0.39 is 45.6 Å². The number of carbonyl (C=O) groups excluding carboxylic acids is 2. The summed E-state index contributed by atoms with van der Waals surface area (Å²) in [7, 11) is -1.66. The molecule has 0 saturated carbocycles. The SMILES string of the molecule is O=C(Cc1ccccc1)NC1C(=O)N2C(C(=O)O)=C(COc3ccc4ccc(=O)oc4c3)CS(=O)C12. The minimum atomic E-state index is -1.66. The maximum absolute atomic E-state index is 13.0. The first kappa shape index (κ1) is 23.5. The van der Waals surface area contributed by atoms with Crippen molar-refractivity contribution in [2.45, 2.75) is 17.8 Å². The molecule has 0 radical (unpaired) electrons. The largest absolute Gasteiger partial charge is 0.489 e. The molecule has 0 aliphatic carbocycles. The molecule has 1 fully saturated rings. The monoisotopic (exact) mass is 508 g/mol. The van der Waals surface area contributed by atoms with Crippen LogP contribution >= 0.6 is 0 Å². The lowest BCUT2D eigenvalue weighted by Crippen LogP contribution is -2.73. The molecule has 3 heterocycles. The lowest BCUT2D eigenvalue weighted by Gasteiger charge is -2.49. The van der Waals surface area contributed by atoms with E-state index in [4.69, 9.17) is 9.15 Å². The number of nitrogens with zero attached hydrogens (tertiary/aromatic N) is 1. The molecule has 10 nitrogen and oxygen atoms in total. The van der Waals surface area contributed by atoms with Crippen molar-refractivity contribution < 1.29 is 32.9 Å². The summed E-state index contributed by atoms with van der Waals surface area (Å²) in [5, 5.41) is 12.1. The minimum absolute atomic E-state index is 0.0383. The van der Waals surface area contributed by atoms with Gasteiger partial charge >= 0.3 is 11.6 Å². The summed E-state index contributed by atoms with van der Waals surface area (Å²) < 4.78 is 23.8. The Kier molecular flexibility index (Phi) is 6.15. The molecule has 184 valence electrons. The van der Waals surface area contributed by atoms with Crippen LogP contribution in [0.1, 0.15) is 5.56 Å². The molecular weight excluding hydrogens is 488 g/mol. The molecule has 2 aliphatic heterocycles. The van der Waals surface area contributed by atoms with Crippen molar-refractivity contribution in [3.63, 3.8) is 0 Å². The summed E-state index contributed by atoms with van der Waals surface area (Å²) in [4.78, 5) is 49.8. The topological polar surface area (TPSA) is 143 Å². The molecule has 11 heteroatoms. The second-order valence-corrected chi connectivity index (χ2v) is 9.86. The van der Waals surface area contributed by atoms with Gasteiger partial charge in [0, 0.05) is 23.1 Å². The van der Waals surface area contributed by atoms with E-state index in [-0.39, 0.29) is 30.1 Å². The Balaban J connectivity index is 1.32. The second kappa shape index (κ2) is 9.42. The summed E-state index contributed by atoms with van der Waals surface area (Å²) in [5.41, 5.74) is 0.402. The van der Waals surface area contributed by atoms with Gasteiger partial charge in [0.2, 0.25) is 5.91 Å². The zero-order chi connectivity index (χ0) is 25.4. The van der Waals surface area contributed by atoms with Crippen LogP contribution < -0.4 is 15.7 Å². The van der Waals surface area contributed by atoms with E-state index in [0.29, 0.717) is 16.7 Å². The molecule has 2 amide bonds. The third-order valence-electron chi connectivity index (χ3n) is 5.94. The quantitative estimate of drug-likeness (QED) is 0.358. The Hall–Kier alpha value is -4.25. The van der Waals surface area contributed by atoms with Crippen molar-refractivity contribution >= 4 is 39.6 Å². The maximum Gasteiger partial charge on any atom is 0.352 e. The maximum atomic E-state index is 13.0. The summed E-state index contributed by atoms with van der Waals surface area (Å²) in [6.45, 7) is -0.239. The standard InChI is InChI=1S/C25H20N2O8S/c28-19(10-14-4-2-1-3-5-14)26-21-23(30)27-22(25(31)32)16(13-36(33)24(21)27)12-34-17-8-6-15-7-9-20(29)35-18(15)11-17/h1-9,11,21,24H,10,12-13H2,(H,26,28)(H,31,32). The van der Waals surface area contributed by atoms with Crippen LogP contribution in [0.15, 0.2) is 81.1 Å². The lowest BCUT2D eigenvalue weighted by atomic mass is 10.0. The summed E-state index contributed by atoms with van der Waals surface area (Å²) in [6, 6.07) is 15.6. The summed E-state index contributed by atoms with van der Waals surface area (Å²) in [5.74, 6) is -2.25. The van der Waals surface area contributed by atoms with Crippen LogP contribution in [-0.2, 0) is 31.6 Å². The highest BCUT2D eigenvalue weighted by molar-refractivity contribution is 7.86. The van der Waals surface area contributed by atoms with Crippen LogP contribution in [0.4, 0.5) is 0 Å². The number of amides is 2. The van der Waals surface area contributed by atoms with Crippen LogP contribution in [0.3, 0.4) is 0 Å². The number of rotatable bonds is 7. The van der Waals surface area contributed by atoms with Crippen LogP contribution in [-0.4, -0.2) is 55.8 Å². The number of carboxylic acids is 1. The second-order valence-electron chi connectivity index (χ2n) is 8.33. The zero-order valence-corrected chi connectivity index (χ0v) is 19.5. The molecule has 0 bridgehead atoms. The molecule has 1 saturated heterocycles. The van der Waals surface area contributed by atoms with E-state index in [1.807, 2.05) is 6.07 Å². The van der Waals surface area contributed by atoms with Gasteiger partial charge in [0.1, 0.15) is 35.1 Å². The molecule has 3 unspecified atom stereocenters. The lowest BCUT2D eigenvalue weighted by molar-refractivity contribution is -0.151. The predicted molar refractivity (Wildman–Crippen MR) is 128 cm³/mol. The zero-order valence-electron chi connectivity index (χ0n) is 18.7. The fraction of sp³-hybridized carbons (Fsp3) is 0.200. The van der Waals surface area contributed by atoms with Gasteiger partial charge in [0.05, 0.1) is 23.0 Å². The molecule has 2 aromatic carbocycles. The Labute approximate surface area is 206 Å². The van der Waals surface area contributed by atoms with Crippen LogP contribution in [0.5, 0.6) is 5.75 Å². The van der Waals surface area contributed by atoms with Gasteiger partial charge in [-0.15, -0.1) is 0 Å². The Morgan fingerprint density at radius 1 is 1.11 bits per heavy atom. The number of fused-ring (bicyclic) bond motifs is 2. The van der Waals surface area contributed by atoms with Crippen molar-refractivity contribution in [2.75, 3.05) is 12.4 Å².